The van der Waals surface area contributed by atoms with Gasteiger partial charge in [-0.3, -0.25) is 4.68 Å². The van der Waals surface area contributed by atoms with Gasteiger partial charge in [0.25, 0.3) is 0 Å². The number of nitrogens with two attached hydrogens (primary N) is 1. The Labute approximate surface area is 83.2 Å². The molecule has 0 unspecified atom stereocenters. The Kier molecular flexibility index (Phi) is 2.33. The van der Waals surface area contributed by atoms with E-state index in [0.717, 1.165) is 16.8 Å². The molecule has 0 aliphatic carbocycles. The number of rotatable bonds is 2. The van der Waals surface area contributed by atoms with Gasteiger partial charge >= 0.3 is 0 Å². The van der Waals surface area contributed by atoms with Gasteiger partial charge in [0.2, 0.25) is 0 Å². The molecule has 1 aromatic carbocycles. The maximum Gasteiger partial charge on any atom is 0.0923 e. The van der Waals surface area contributed by atoms with Crippen molar-refractivity contribution < 1.29 is 0 Å². The van der Waals surface area contributed by atoms with Gasteiger partial charge in [-0.25, -0.2) is 0 Å². The summed E-state index contributed by atoms with van der Waals surface area (Å²) < 4.78 is 1.80. The lowest BCUT2D eigenvalue weighted by Crippen LogP contribution is -1.96. The number of aromatic nitrogens is 2. The molecule has 0 radical (unpaired) electrons. The highest BCUT2D eigenvalue weighted by Crippen LogP contribution is 2.17. The summed E-state index contributed by atoms with van der Waals surface area (Å²) in [4.78, 5) is 0. The fourth-order valence-electron chi connectivity index (χ4n) is 1.43. The van der Waals surface area contributed by atoms with Crippen LogP contribution in [0.2, 0.25) is 0 Å². The summed E-state index contributed by atoms with van der Waals surface area (Å²) in [5, 5.41) is 4.33. The molecule has 1 aromatic heterocycles. The molecular weight excluding hydrogens is 174 g/mol. The highest BCUT2D eigenvalue weighted by Gasteiger charge is 2.00. The summed E-state index contributed by atoms with van der Waals surface area (Å²) in [6.07, 6.45) is 1.93. The van der Waals surface area contributed by atoms with E-state index in [9.17, 15) is 0 Å². The van der Waals surface area contributed by atoms with Crippen LogP contribution in [0.25, 0.3) is 11.3 Å². The first-order chi connectivity index (χ1) is 6.79. The standard InChI is InChI=1S/C11H13N3/c1-14-6-5-11(13-14)10-4-2-3-9(7-10)8-12/h2-7H,8,12H2,1H3. The number of aryl methyl sites for hydroxylation is 1. The van der Waals surface area contributed by atoms with Gasteiger partial charge < -0.3 is 5.73 Å². The van der Waals surface area contributed by atoms with E-state index in [1.165, 1.54) is 0 Å². The summed E-state index contributed by atoms with van der Waals surface area (Å²) >= 11 is 0. The molecule has 2 N–H and O–H groups in total. The normalized spacial score (nSPS) is 10.4. The molecule has 3 nitrogen and oxygen atoms in total. The third-order valence-corrected chi connectivity index (χ3v) is 2.17. The summed E-state index contributed by atoms with van der Waals surface area (Å²) in [6, 6.07) is 10.1. The first kappa shape index (κ1) is 8.97. The number of nitrogens with zero attached hydrogens (tertiary/aromatic N) is 2. The van der Waals surface area contributed by atoms with Crippen molar-refractivity contribution in [3.8, 4) is 11.3 Å². The second-order valence-corrected chi connectivity index (χ2v) is 3.28. The zero-order valence-electron chi connectivity index (χ0n) is 8.14. The third kappa shape index (κ3) is 1.67. The monoisotopic (exact) mass is 187 g/mol. The molecule has 3 heteroatoms. The maximum atomic E-state index is 5.58. The van der Waals surface area contributed by atoms with Crippen LogP contribution in [-0.4, -0.2) is 9.78 Å². The first-order valence-electron chi connectivity index (χ1n) is 4.58. The highest BCUT2D eigenvalue weighted by atomic mass is 15.2. The van der Waals surface area contributed by atoms with Crippen LogP contribution in [0.15, 0.2) is 36.5 Å². The molecule has 72 valence electrons. The Morgan fingerprint density at radius 1 is 1.36 bits per heavy atom. The quantitative estimate of drug-likeness (QED) is 0.775. The fourth-order valence-corrected chi connectivity index (χ4v) is 1.43. The highest BCUT2D eigenvalue weighted by molar-refractivity contribution is 5.59. The zero-order chi connectivity index (χ0) is 9.97. The molecular formula is C11H13N3. The fraction of sp³-hybridized carbons (Fsp3) is 0.182. The molecule has 0 atom stereocenters. The van der Waals surface area contributed by atoms with Crippen LogP contribution in [0.5, 0.6) is 0 Å². The minimum absolute atomic E-state index is 0.570. The second-order valence-electron chi connectivity index (χ2n) is 3.28. The van der Waals surface area contributed by atoms with Gasteiger partial charge in [-0.15, -0.1) is 0 Å². The van der Waals surface area contributed by atoms with Crippen molar-refractivity contribution in [3.05, 3.63) is 42.1 Å². The maximum absolute atomic E-state index is 5.58. The molecule has 14 heavy (non-hydrogen) atoms. The molecule has 0 spiro atoms. The molecule has 0 aliphatic heterocycles. The van der Waals surface area contributed by atoms with Crippen molar-refractivity contribution in [2.24, 2.45) is 12.8 Å². The van der Waals surface area contributed by atoms with Crippen LogP contribution in [-0.2, 0) is 13.6 Å². The third-order valence-electron chi connectivity index (χ3n) is 2.17. The average molecular weight is 187 g/mol. The average Bonchev–Trinajstić information content (AvgIpc) is 2.65. The molecule has 2 rings (SSSR count). The van der Waals surface area contributed by atoms with Gasteiger partial charge in [-0.1, -0.05) is 18.2 Å². The Hall–Kier alpha value is -1.61. The molecule has 0 aliphatic rings. The van der Waals surface area contributed by atoms with Gasteiger partial charge in [0.05, 0.1) is 5.69 Å². The largest absolute Gasteiger partial charge is 0.326 e. The Balaban J connectivity index is 2.41. The summed E-state index contributed by atoms with van der Waals surface area (Å²) in [6.45, 7) is 0.570. The Morgan fingerprint density at radius 2 is 2.21 bits per heavy atom. The van der Waals surface area contributed by atoms with Gasteiger partial charge in [0.1, 0.15) is 0 Å². The minimum atomic E-state index is 0.570. The minimum Gasteiger partial charge on any atom is -0.326 e. The summed E-state index contributed by atoms with van der Waals surface area (Å²) in [7, 11) is 1.91. The lowest BCUT2D eigenvalue weighted by Gasteiger charge is -1.99. The van der Waals surface area contributed by atoms with Gasteiger partial charge in [0, 0.05) is 25.4 Å². The van der Waals surface area contributed by atoms with E-state index in [-0.39, 0.29) is 0 Å². The van der Waals surface area contributed by atoms with Crippen LogP contribution < -0.4 is 5.73 Å². The van der Waals surface area contributed by atoms with E-state index < -0.39 is 0 Å². The van der Waals surface area contributed by atoms with Crippen molar-refractivity contribution in [3.63, 3.8) is 0 Å². The van der Waals surface area contributed by atoms with Gasteiger partial charge in [0.15, 0.2) is 0 Å². The predicted octanol–water partition coefficient (Wildman–Crippen LogP) is 1.55. The smallest absolute Gasteiger partial charge is 0.0923 e. The number of hydrogen-bond donors (Lipinski definition) is 1. The number of benzene rings is 1. The predicted molar refractivity (Wildman–Crippen MR) is 56.5 cm³/mol. The SMILES string of the molecule is Cn1ccc(-c2cccc(CN)c2)n1. The molecule has 0 fully saturated rings. The van der Waals surface area contributed by atoms with Gasteiger partial charge in [-0.05, 0) is 17.7 Å². The Bertz CT molecular complexity index is 432. The second kappa shape index (κ2) is 3.64. The summed E-state index contributed by atoms with van der Waals surface area (Å²) in [5.74, 6) is 0. The molecule has 2 aromatic rings. The van der Waals surface area contributed by atoms with E-state index in [1.807, 2.05) is 37.5 Å². The van der Waals surface area contributed by atoms with E-state index in [1.54, 1.807) is 4.68 Å². The van der Waals surface area contributed by atoms with Crippen LogP contribution in [0.1, 0.15) is 5.56 Å². The molecule has 1 heterocycles. The zero-order valence-corrected chi connectivity index (χ0v) is 8.14. The van der Waals surface area contributed by atoms with Crippen LogP contribution in [0, 0.1) is 0 Å². The molecule has 0 bridgehead atoms. The first-order valence-corrected chi connectivity index (χ1v) is 4.58. The van der Waals surface area contributed by atoms with E-state index in [2.05, 4.69) is 11.2 Å². The van der Waals surface area contributed by atoms with Crippen molar-refractivity contribution in [2.45, 2.75) is 6.54 Å². The lowest BCUT2D eigenvalue weighted by atomic mass is 10.1. The lowest BCUT2D eigenvalue weighted by molar-refractivity contribution is 0.771. The topological polar surface area (TPSA) is 43.8 Å². The molecule has 0 saturated heterocycles. The summed E-state index contributed by atoms with van der Waals surface area (Å²) in [5.41, 5.74) is 8.82. The van der Waals surface area contributed by atoms with Crippen LogP contribution in [0.3, 0.4) is 0 Å². The number of hydrogen-bond acceptors (Lipinski definition) is 2. The van der Waals surface area contributed by atoms with Crippen LogP contribution >= 0.6 is 0 Å². The Morgan fingerprint density at radius 3 is 2.86 bits per heavy atom. The van der Waals surface area contributed by atoms with Crippen molar-refractivity contribution in [2.75, 3.05) is 0 Å². The van der Waals surface area contributed by atoms with Crippen molar-refractivity contribution in [1.29, 1.82) is 0 Å². The molecule has 0 amide bonds. The molecule has 0 saturated carbocycles. The van der Waals surface area contributed by atoms with Crippen LogP contribution in [0.4, 0.5) is 0 Å². The van der Waals surface area contributed by atoms with E-state index >= 15 is 0 Å². The van der Waals surface area contributed by atoms with Crippen molar-refractivity contribution in [1.82, 2.24) is 9.78 Å². The van der Waals surface area contributed by atoms with Crippen molar-refractivity contribution >= 4 is 0 Å². The van der Waals surface area contributed by atoms with E-state index in [4.69, 9.17) is 5.73 Å². The van der Waals surface area contributed by atoms with Gasteiger partial charge in [-0.2, -0.15) is 5.10 Å². The van der Waals surface area contributed by atoms with E-state index in [0.29, 0.717) is 6.54 Å².